The molecule has 1 heterocycles. The lowest BCUT2D eigenvalue weighted by Crippen LogP contribution is -2.29. The largest absolute Gasteiger partial charge is 0.480 e. The highest BCUT2D eigenvalue weighted by Gasteiger charge is 2.23. The molecular formula is C22H20BrI2N3O4. The van der Waals surface area contributed by atoms with Crippen molar-refractivity contribution in [1.29, 1.82) is 0 Å². The number of methoxy groups -OCH3 is 1. The van der Waals surface area contributed by atoms with E-state index in [1.165, 1.54) is 11.8 Å². The number of hydrogen-bond donors (Lipinski definition) is 0. The maximum absolute atomic E-state index is 13.3. The Kier molecular flexibility index (Phi) is 7.97. The molecule has 2 aromatic carbocycles. The van der Waals surface area contributed by atoms with Crippen molar-refractivity contribution in [1.82, 2.24) is 9.66 Å². The summed E-state index contributed by atoms with van der Waals surface area (Å²) in [4.78, 5) is 29.4. The average molecular weight is 724 g/mol. The zero-order chi connectivity index (χ0) is 23.6. The third-order valence-corrected chi connectivity index (χ3v) is 6.48. The lowest BCUT2D eigenvalue weighted by Gasteiger charge is -2.20. The second-order valence-electron chi connectivity index (χ2n) is 7.89. The van der Waals surface area contributed by atoms with E-state index in [2.05, 4.69) is 70.9 Å². The van der Waals surface area contributed by atoms with Gasteiger partial charge < -0.3 is 9.47 Å². The number of fused-ring (bicyclic) bond motifs is 1. The van der Waals surface area contributed by atoms with Crippen LogP contribution in [0.2, 0.25) is 0 Å². The van der Waals surface area contributed by atoms with Crippen LogP contribution in [0.15, 0.2) is 44.7 Å². The summed E-state index contributed by atoms with van der Waals surface area (Å²) in [5.74, 6) is 0.710. The van der Waals surface area contributed by atoms with Gasteiger partial charge in [0.25, 0.3) is 5.56 Å². The number of benzene rings is 2. The van der Waals surface area contributed by atoms with E-state index in [0.29, 0.717) is 22.5 Å². The van der Waals surface area contributed by atoms with Gasteiger partial charge in [0.05, 0.1) is 31.4 Å². The van der Waals surface area contributed by atoms with Crippen molar-refractivity contribution in [2.24, 2.45) is 5.10 Å². The molecule has 0 spiro atoms. The van der Waals surface area contributed by atoms with Crippen LogP contribution in [0.1, 0.15) is 32.2 Å². The number of carbonyl (C=O) groups is 1. The Hall–Kier alpha value is -1.54. The number of esters is 1. The zero-order valence-electron chi connectivity index (χ0n) is 17.8. The van der Waals surface area contributed by atoms with Gasteiger partial charge in [-0.25, -0.2) is 9.78 Å². The smallest absolute Gasteiger partial charge is 0.343 e. The highest BCUT2D eigenvalue weighted by Crippen LogP contribution is 2.29. The van der Waals surface area contributed by atoms with E-state index in [1.807, 2.05) is 45.0 Å². The monoisotopic (exact) mass is 723 g/mol. The van der Waals surface area contributed by atoms with Crippen LogP contribution in [-0.2, 0) is 14.9 Å². The number of carbonyl (C=O) groups excluding carboxylic acids is 1. The van der Waals surface area contributed by atoms with Crippen LogP contribution in [-0.4, -0.2) is 35.6 Å². The maximum atomic E-state index is 13.3. The lowest BCUT2D eigenvalue weighted by atomic mass is 9.95. The Morgan fingerprint density at radius 1 is 1.22 bits per heavy atom. The molecule has 32 heavy (non-hydrogen) atoms. The van der Waals surface area contributed by atoms with Gasteiger partial charge in [-0.05, 0) is 81.1 Å². The molecule has 0 radical (unpaired) electrons. The predicted molar refractivity (Wildman–Crippen MR) is 145 cm³/mol. The Labute approximate surface area is 221 Å². The van der Waals surface area contributed by atoms with Crippen molar-refractivity contribution in [2.75, 3.05) is 13.7 Å². The van der Waals surface area contributed by atoms with Crippen molar-refractivity contribution in [3.8, 4) is 5.75 Å². The summed E-state index contributed by atoms with van der Waals surface area (Å²) in [5.41, 5.74) is 0.780. The zero-order valence-corrected chi connectivity index (χ0v) is 23.7. The third-order valence-electron chi connectivity index (χ3n) is 4.38. The average Bonchev–Trinajstić information content (AvgIpc) is 2.71. The summed E-state index contributed by atoms with van der Waals surface area (Å²) in [6.07, 6.45) is 1.62. The minimum atomic E-state index is -0.452. The molecule has 10 heteroatoms. The molecule has 0 bridgehead atoms. The molecule has 0 atom stereocenters. The van der Waals surface area contributed by atoms with E-state index in [-0.39, 0.29) is 12.2 Å². The molecule has 3 aromatic rings. The van der Waals surface area contributed by atoms with Crippen LogP contribution in [0.25, 0.3) is 10.9 Å². The van der Waals surface area contributed by atoms with E-state index < -0.39 is 11.4 Å². The van der Waals surface area contributed by atoms with Crippen LogP contribution in [0.5, 0.6) is 5.75 Å². The van der Waals surface area contributed by atoms with Gasteiger partial charge in [-0.1, -0.05) is 36.7 Å². The lowest BCUT2D eigenvalue weighted by molar-refractivity contribution is -0.142. The molecule has 168 valence electrons. The van der Waals surface area contributed by atoms with Gasteiger partial charge in [0.15, 0.2) is 6.61 Å². The molecule has 3 rings (SSSR count). The fraction of sp³-hybridized carbons (Fsp3) is 0.273. The number of aromatic nitrogens is 2. The molecule has 0 unspecified atom stereocenters. The summed E-state index contributed by atoms with van der Waals surface area (Å²) >= 11 is 7.69. The topological polar surface area (TPSA) is 82.8 Å². The van der Waals surface area contributed by atoms with Crippen molar-refractivity contribution >= 4 is 84.2 Å². The highest BCUT2D eigenvalue weighted by atomic mass is 127. The van der Waals surface area contributed by atoms with E-state index in [1.54, 1.807) is 12.3 Å². The quantitative estimate of drug-likeness (QED) is 0.208. The van der Waals surface area contributed by atoms with Gasteiger partial charge in [0.2, 0.25) is 0 Å². The van der Waals surface area contributed by atoms with Gasteiger partial charge in [0.1, 0.15) is 11.6 Å². The molecule has 0 aliphatic heterocycles. The number of rotatable bonds is 5. The molecule has 0 amide bonds. The highest BCUT2D eigenvalue weighted by molar-refractivity contribution is 14.1. The van der Waals surface area contributed by atoms with E-state index >= 15 is 0 Å². The Morgan fingerprint density at radius 3 is 2.47 bits per heavy atom. The van der Waals surface area contributed by atoms with E-state index in [0.717, 1.165) is 17.2 Å². The Morgan fingerprint density at radius 2 is 1.88 bits per heavy atom. The van der Waals surface area contributed by atoms with Crippen molar-refractivity contribution in [3.05, 3.63) is 63.7 Å². The van der Waals surface area contributed by atoms with Gasteiger partial charge in [0, 0.05) is 9.89 Å². The molecule has 0 fully saturated rings. The number of nitrogens with zero attached hydrogens (tertiary/aromatic N) is 3. The van der Waals surface area contributed by atoms with Gasteiger partial charge in [-0.2, -0.15) is 9.78 Å². The fourth-order valence-electron chi connectivity index (χ4n) is 2.85. The standard InChI is InChI=1S/C22H20BrI2N3O4/c1-22(2,3)21-27-17-6-5-13(23)9-14(17)20(30)28(21)26-10-12-7-15(24)19(16(25)8-12)32-11-18(29)31-4/h5-10H,11H2,1-4H3. The first-order valence-electron chi connectivity index (χ1n) is 9.47. The van der Waals surface area contributed by atoms with Crippen LogP contribution in [0, 0.1) is 7.14 Å². The summed E-state index contributed by atoms with van der Waals surface area (Å²) < 4.78 is 14.0. The first kappa shape index (κ1) is 25.1. The molecule has 0 saturated heterocycles. The molecular weight excluding hydrogens is 704 g/mol. The summed E-state index contributed by atoms with van der Waals surface area (Å²) in [6.45, 7) is 5.80. The molecule has 0 saturated carbocycles. The van der Waals surface area contributed by atoms with Crippen LogP contribution in [0.4, 0.5) is 0 Å². The number of halogens is 3. The van der Waals surface area contributed by atoms with Crippen LogP contribution in [0.3, 0.4) is 0 Å². The minimum absolute atomic E-state index is 0.168. The molecule has 0 aliphatic carbocycles. The SMILES string of the molecule is COC(=O)COc1c(I)cc(C=Nn2c(C(C)(C)C)nc3ccc(Br)cc3c2=O)cc1I. The first-order chi connectivity index (χ1) is 15.0. The molecule has 1 aromatic heterocycles. The predicted octanol–water partition coefficient (Wildman–Crippen LogP) is 5.10. The third kappa shape index (κ3) is 5.68. The summed E-state index contributed by atoms with van der Waals surface area (Å²) in [5, 5.41) is 4.99. The van der Waals surface area contributed by atoms with Gasteiger partial charge in [-0.3, -0.25) is 4.79 Å². The van der Waals surface area contributed by atoms with Crippen molar-refractivity contribution in [3.63, 3.8) is 0 Å². The van der Waals surface area contributed by atoms with E-state index in [4.69, 9.17) is 9.72 Å². The Balaban J connectivity index is 2.05. The number of hydrogen-bond acceptors (Lipinski definition) is 6. The number of ether oxygens (including phenoxy) is 2. The maximum Gasteiger partial charge on any atom is 0.343 e. The second kappa shape index (κ2) is 10.2. The summed E-state index contributed by atoms with van der Waals surface area (Å²) in [7, 11) is 1.31. The van der Waals surface area contributed by atoms with E-state index in [9.17, 15) is 9.59 Å². The fourth-order valence-corrected chi connectivity index (χ4v) is 5.34. The molecule has 7 nitrogen and oxygen atoms in total. The summed E-state index contributed by atoms with van der Waals surface area (Å²) in [6, 6.07) is 9.17. The molecule has 0 aliphatic rings. The second-order valence-corrected chi connectivity index (χ2v) is 11.1. The first-order valence-corrected chi connectivity index (χ1v) is 12.4. The van der Waals surface area contributed by atoms with Crippen molar-refractivity contribution < 1.29 is 14.3 Å². The Bertz CT molecular complexity index is 1260. The normalized spacial score (nSPS) is 11.8. The molecule has 0 N–H and O–H groups in total. The minimum Gasteiger partial charge on any atom is -0.480 e. The van der Waals surface area contributed by atoms with Gasteiger partial charge in [-0.15, -0.1) is 0 Å². The van der Waals surface area contributed by atoms with Crippen molar-refractivity contribution in [2.45, 2.75) is 26.2 Å². The van der Waals surface area contributed by atoms with Crippen LogP contribution >= 0.6 is 61.1 Å². The van der Waals surface area contributed by atoms with Crippen LogP contribution < -0.4 is 10.3 Å². The van der Waals surface area contributed by atoms with Gasteiger partial charge >= 0.3 is 5.97 Å².